The third-order valence-corrected chi connectivity index (χ3v) is 6.45. The van der Waals surface area contributed by atoms with Crippen LogP contribution in [0.15, 0.2) is 42.7 Å². The molecule has 2 aromatic rings. The number of aromatic nitrogens is 2. The summed E-state index contributed by atoms with van der Waals surface area (Å²) in [7, 11) is 3.14. The van der Waals surface area contributed by atoms with Gasteiger partial charge in [0.05, 0.1) is 13.3 Å². The second kappa shape index (κ2) is 9.12. The Morgan fingerprint density at radius 2 is 1.84 bits per heavy atom. The SMILES string of the molecule is COC(=O)CN1C(=O)N(CCc2ccccc2)C2(CCN(Cc3cnn(C)c3)CC2)C1=O. The van der Waals surface area contributed by atoms with E-state index in [-0.39, 0.29) is 12.5 Å². The van der Waals surface area contributed by atoms with E-state index >= 15 is 0 Å². The van der Waals surface area contributed by atoms with Gasteiger partial charge in [0, 0.05) is 45.0 Å². The van der Waals surface area contributed by atoms with E-state index in [1.807, 2.05) is 49.8 Å². The predicted octanol–water partition coefficient (Wildman–Crippen LogP) is 1.43. The molecule has 1 aromatic carbocycles. The van der Waals surface area contributed by atoms with Crippen LogP contribution in [0.5, 0.6) is 0 Å². The molecule has 2 saturated heterocycles. The highest BCUT2D eigenvalue weighted by Gasteiger charge is 2.58. The molecule has 0 saturated carbocycles. The Morgan fingerprint density at radius 1 is 1.12 bits per heavy atom. The van der Waals surface area contributed by atoms with Gasteiger partial charge >= 0.3 is 12.0 Å². The summed E-state index contributed by atoms with van der Waals surface area (Å²) in [5.41, 5.74) is 1.31. The first-order chi connectivity index (χ1) is 15.4. The van der Waals surface area contributed by atoms with Crippen molar-refractivity contribution in [2.75, 3.05) is 33.3 Å². The van der Waals surface area contributed by atoms with Crippen LogP contribution in [0, 0.1) is 0 Å². The summed E-state index contributed by atoms with van der Waals surface area (Å²) in [6.45, 7) is 2.19. The van der Waals surface area contributed by atoms with Crippen LogP contribution < -0.4 is 0 Å². The number of benzene rings is 1. The van der Waals surface area contributed by atoms with Crippen LogP contribution in [-0.2, 0) is 34.3 Å². The third-order valence-electron chi connectivity index (χ3n) is 6.45. The van der Waals surface area contributed by atoms with Gasteiger partial charge in [0.25, 0.3) is 5.91 Å². The Hall–Kier alpha value is -3.20. The fourth-order valence-corrected chi connectivity index (χ4v) is 4.69. The molecular formula is C23H29N5O4. The molecule has 4 rings (SSSR count). The maximum atomic E-state index is 13.5. The zero-order valence-electron chi connectivity index (χ0n) is 18.6. The maximum Gasteiger partial charge on any atom is 0.328 e. The molecule has 2 fully saturated rings. The van der Waals surface area contributed by atoms with E-state index in [2.05, 4.69) is 10.00 Å². The smallest absolute Gasteiger partial charge is 0.328 e. The molecule has 3 amide bonds. The molecule has 0 radical (unpaired) electrons. The van der Waals surface area contributed by atoms with Crippen molar-refractivity contribution in [1.29, 1.82) is 0 Å². The summed E-state index contributed by atoms with van der Waals surface area (Å²) in [6, 6.07) is 9.49. The minimum absolute atomic E-state index is 0.290. The highest BCUT2D eigenvalue weighted by molar-refractivity contribution is 6.08. The zero-order chi connectivity index (χ0) is 22.7. The van der Waals surface area contributed by atoms with Crippen molar-refractivity contribution in [2.45, 2.75) is 31.3 Å². The van der Waals surface area contributed by atoms with Crippen molar-refractivity contribution in [3.63, 3.8) is 0 Å². The first-order valence-electron chi connectivity index (χ1n) is 10.9. The number of imide groups is 1. The number of rotatable bonds is 7. The van der Waals surface area contributed by atoms with Crippen LogP contribution in [0.1, 0.15) is 24.0 Å². The van der Waals surface area contributed by atoms with Gasteiger partial charge in [0.2, 0.25) is 0 Å². The summed E-state index contributed by atoms with van der Waals surface area (Å²) in [5.74, 6) is -0.886. The fourth-order valence-electron chi connectivity index (χ4n) is 4.69. The quantitative estimate of drug-likeness (QED) is 0.479. The highest BCUT2D eigenvalue weighted by Crippen LogP contribution is 2.37. The highest BCUT2D eigenvalue weighted by atomic mass is 16.5. The Labute approximate surface area is 187 Å². The van der Waals surface area contributed by atoms with E-state index in [4.69, 9.17) is 4.74 Å². The summed E-state index contributed by atoms with van der Waals surface area (Å²) < 4.78 is 6.49. The van der Waals surface area contributed by atoms with Crippen LogP contribution in [0.3, 0.4) is 0 Å². The van der Waals surface area contributed by atoms with Gasteiger partial charge in [-0.05, 0) is 24.8 Å². The van der Waals surface area contributed by atoms with E-state index < -0.39 is 17.5 Å². The number of carbonyl (C=O) groups excluding carboxylic acids is 3. The minimum atomic E-state index is -0.911. The number of nitrogens with zero attached hydrogens (tertiary/aromatic N) is 5. The van der Waals surface area contributed by atoms with Crippen LogP contribution in [0.4, 0.5) is 4.79 Å². The number of hydrogen-bond acceptors (Lipinski definition) is 6. The molecule has 9 heteroatoms. The summed E-state index contributed by atoms with van der Waals surface area (Å²) in [4.78, 5) is 43.6. The standard InChI is InChI=1S/C23H29N5O4/c1-25-15-19(14-24-25)16-26-12-9-23(10-13-26)21(30)27(17-20(29)32-2)22(31)28(23)11-8-18-6-4-3-5-7-18/h3-7,14-15H,8-13,16-17H2,1-2H3. The first kappa shape index (κ1) is 22.0. The van der Waals surface area contributed by atoms with Crippen LogP contribution in [-0.4, -0.2) is 81.2 Å². The average Bonchev–Trinajstić information content (AvgIpc) is 3.29. The van der Waals surface area contributed by atoms with Gasteiger partial charge in [0.15, 0.2) is 0 Å². The lowest BCUT2D eigenvalue weighted by Crippen LogP contribution is -2.56. The van der Waals surface area contributed by atoms with Crippen molar-refractivity contribution in [3.8, 4) is 0 Å². The number of piperidine rings is 1. The van der Waals surface area contributed by atoms with Gasteiger partial charge in [-0.1, -0.05) is 30.3 Å². The molecule has 170 valence electrons. The van der Waals surface area contributed by atoms with Gasteiger partial charge in [-0.25, -0.2) is 4.79 Å². The van der Waals surface area contributed by atoms with Crippen LogP contribution in [0.2, 0.25) is 0 Å². The zero-order valence-corrected chi connectivity index (χ0v) is 18.6. The molecule has 32 heavy (non-hydrogen) atoms. The molecule has 9 nitrogen and oxygen atoms in total. The number of esters is 1. The molecular weight excluding hydrogens is 410 g/mol. The predicted molar refractivity (Wildman–Crippen MR) is 116 cm³/mol. The van der Waals surface area contributed by atoms with Gasteiger partial charge in [-0.2, -0.15) is 5.10 Å². The molecule has 0 unspecified atom stereocenters. The second-order valence-electron chi connectivity index (χ2n) is 8.47. The van der Waals surface area contributed by atoms with E-state index in [1.54, 1.807) is 9.58 Å². The molecule has 1 aromatic heterocycles. The molecule has 0 N–H and O–H groups in total. The topological polar surface area (TPSA) is 88.0 Å². The largest absolute Gasteiger partial charge is 0.468 e. The fraction of sp³-hybridized carbons (Fsp3) is 0.478. The number of aryl methyl sites for hydroxylation is 1. The Kier molecular flexibility index (Phi) is 6.27. The van der Waals surface area contributed by atoms with Crippen molar-refractivity contribution < 1.29 is 19.1 Å². The number of urea groups is 1. The van der Waals surface area contributed by atoms with Gasteiger partial charge in [-0.3, -0.25) is 24.1 Å². The molecule has 3 heterocycles. The summed E-state index contributed by atoms with van der Waals surface area (Å²) >= 11 is 0. The van der Waals surface area contributed by atoms with Crippen molar-refractivity contribution in [1.82, 2.24) is 24.5 Å². The van der Waals surface area contributed by atoms with Crippen LogP contribution >= 0.6 is 0 Å². The first-order valence-corrected chi connectivity index (χ1v) is 10.9. The van der Waals surface area contributed by atoms with E-state index in [1.165, 1.54) is 7.11 Å². The summed E-state index contributed by atoms with van der Waals surface area (Å²) in [5, 5.41) is 4.22. The normalized spacial score (nSPS) is 18.6. The number of likely N-dealkylation sites (tertiary alicyclic amines) is 1. The molecule has 0 atom stereocenters. The van der Waals surface area contributed by atoms with E-state index in [0.29, 0.717) is 38.9 Å². The van der Waals surface area contributed by atoms with Gasteiger partial charge in [-0.15, -0.1) is 0 Å². The van der Waals surface area contributed by atoms with Crippen molar-refractivity contribution >= 4 is 17.9 Å². The molecule has 0 bridgehead atoms. The van der Waals surface area contributed by atoms with Crippen molar-refractivity contribution in [3.05, 3.63) is 53.9 Å². The lowest BCUT2D eigenvalue weighted by atomic mass is 9.85. The minimum Gasteiger partial charge on any atom is -0.468 e. The second-order valence-corrected chi connectivity index (χ2v) is 8.47. The molecule has 0 aliphatic carbocycles. The number of hydrogen-bond donors (Lipinski definition) is 0. The maximum absolute atomic E-state index is 13.5. The monoisotopic (exact) mass is 439 g/mol. The number of carbonyl (C=O) groups is 3. The summed E-state index contributed by atoms with van der Waals surface area (Å²) in [6.07, 6.45) is 5.54. The van der Waals surface area contributed by atoms with Crippen LogP contribution in [0.25, 0.3) is 0 Å². The number of amides is 3. The van der Waals surface area contributed by atoms with Gasteiger partial charge < -0.3 is 9.64 Å². The Balaban J connectivity index is 1.51. The third kappa shape index (κ3) is 4.25. The average molecular weight is 440 g/mol. The lowest BCUT2D eigenvalue weighted by molar-refractivity contribution is -0.146. The van der Waals surface area contributed by atoms with E-state index in [0.717, 1.165) is 22.6 Å². The Bertz CT molecular complexity index is 981. The molecule has 2 aliphatic rings. The van der Waals surface area contributed by atoms with Crippen molar-refractivity contribution in [2.24, 2.45) is 7.05 Å². The molecule has 1 spiro atoms. The Morgan fingerprint density at radius 3 is 2.47 bits per heavy atom. The van der Waals surface area contributed by atoms with Gasteiger partial charge in [0.1, 0.15) is 12.1 Å². The van der Waals surface area contributed by atoms with E-state index in [9.17, 15) is 14.4 Å². The number of ether oxygens (including phenoxy) is 1. The lowest BCUT2D eigenvalue weighted by Gasteiger charge is -2.42. The number of methoxy groups -OCH3 is 1. The molecule has 2 aliphatic heterocycles.